The zero-order chi connectivity index (χ0) is 20.7. The molecule has 3 rings (SSSR count). The topological polar surface area (TPSA) is 58.4 Å². The number of piperidine rings is 1. The van der Waals surface area contributed by atoms with E-state index in [1.165, 1.54) is 12.1 Å². The Balaban J connectivity index is 1.76. The number of carbonyl (C=O) groups excluding carboxylic acids is 1. The molecule has 1 aliphatic heterocycles. The van der Waals surface area contributed by atoms with E-state index >= 15 is 0 Å². The summed E-state index contributed by atoms with van der Waals surface area (Å²) in [7, 11) is 0. The molecule has 1 unspecified atom stereocenters. The predicted molar refractivity (Wildman–Crippen MR) is 93.5 cm³/mol. The van der Waals surface area contributed by atoms with Gasteiger partial charge in [0.25, 0.3) is 5.91 Å². The van der Waals surface area contributed by atoms with Gasteiger partial charge >= 0.3 is 6.18 Å². The summed E-state index contributed by atoms with van der Waals surface area (Å²) in [5, 5.41) is 14.0. The number of hydrogen-bond acceptors (Lipinski definition) is 3. The van der Waals surface area contributed by atoms with Crippen molar-refractivity contribution in [2.45, 2.75) is 44.4 Å². The molecule has 28 heavy (non-hydrogen) atoms. The molecule has 0 saturated carbocycles. The monoisotopic (exact) mass is 399 g/mol. The van der Waals surface area contributed by atoms with E-state index in [1.807, 2.05) is 13.0 Å². The van der Waals surface area contributed by atoms with Crippen LogP contribution in [0, 0.1) is 12.7 Å². The van der Waals surface area contributed by atoms with Crippen molar-refractivity contribution in [2.24, 2.45) is 0 Å². The average Bonchev–Trinajstić information content (AvgIpc) is 3.02. The molecular formula is C19H21F4N3O2. The zero-order valence-corrected chi connectivity index (χ0v) is 15.5. The van der Waals surface area contributed by atoms with Gasteiger partial charge in [-0.3, -0.25) is 4.79 Å². The van der Waals surface area contributed by atoms with Crippen LogP contribution in [0.25, 0.3) is 5.69 Å². The van der Waals surface area contributed by atoms with E-state index in [9.17, 15) is 27.5 Å². The maximum Gasteiger partial charge on any atom is 0.426 e. The van der Waals surface area contributed by atoms with Crippen molar-refractivity contribution in [2.75, 3.05) is 13.1 Å². The summed E-state index contributed by atoms with van der Waals surface area (Å²) in [6, 6.07) is 7.75. The first-order valence-electron chi connectivity index (χ1n) is 8.91. The van der Waals surface area contributed by atoms with Gasteiger partial charge in [0.1, 0.15) is 5.82 Å². The molecule has 9 heteroatoms. The molecule has 1 aliphatic rings. The number of aliphatic hydroxyl groups is 1. The standard InChI is InChI=1S/C19H21F4N3O2/c1-12-11-16(26(24-12)15-5-3-14(20)4-6-15)13-7-9-25(10-8-13)17(27)18(2,28)19(21,22)23/h3-6,11,13,28H,7-10H2,1-2H3. The van der Waals surface area contributed by atoms with Gasteiger partial charge in [0.05, 0.1) is 11.4 Å². The van der Waals surface area contributed by atoms with Crippen LogP contribution in [0.3, 0.4) is 0 Å². The second kappa shape index (κ2) is 7.20. The second-order valence-electron chi connectivity index (χ2n) is 7.24. The van der Waals surface area contributed by atoms with Crippen molar-refractivity contribution in [1.29, 1.82) is 0 Å². The Morgan fingerprint density at radius 2 is 1.75 bits per heavy atom. The van der Waals surface area contributed by atoms with Crippen LogP contribution in [0.5, 0.6) is 0 Å². The maximum atomic E-state index is 13.2. The highest BCUT2D eigenvalue weighted by atomic mass is 19.4. The van der Waals surface area contributed by atoms with Gasteiger partial charge in [0.2, 0.25) is 5.60 Å². The lowest BCUT2D eigenvalue weighted by Crippen LogP contribution is -2.57. The fourth-order valence-electron chi connectivity index (χ4n) is 3.41. The number of aromatic nitrogens is 2. The number of hydrogen-bond donors (Lipinski definition) is 1. The van der Waals surface area contributed by atoms with E-state index in [0.717, 1.165) is 16.3 Å². The number of benzene rings is 1. The molecule has 0 radical (unpaired) electrons. The highest BCUT2D eigenvalue weighted by Gasteiger charge is 2.57. The van der Waals surface area contributed by atoms with Gasteiger partial charge in [0.15, 0.2) is 0 Å². The molecule has 1 aromatic heterocycles. The minimum atomic E-state index is -5.03. The third kappa shape index (κ3) is 3.76. The van der Waals surface area contributed by atoms with Crippen LogP contribution < -0.4 is 0 Å². The molecule has 1 fully saturated rings. The minimum Gasteiger partial charge on any atom is -0.373 e. The van der Waals surface area contributed by atoms with Crippen LogP contribution in [-0.4, -0.2) is 50.6 Å². The maximum absolute atomic E-state index is 13.2. The Morgan fingerprint density at radius 3 is 2.29 bits per heavy atom. The quantitative estimate of drug-likeness (QED) is 0.806. The van der Waals surface area contributed by atoms with Crippen LogP contribution in [0.4, 0.5) is 17.6 Å². The van der Waals surface area contributed by atoms with E-state index in [1.54, 1.807) is 16.8 Å². The number of carbonyl (C=O) groups is 1. The Hall–Kier alpha value is -2.42. The number of amides is 1. The Kier molecular flexibility index (Phi) is 5.22. The van der Waals surface area contributed by atoms with Crippen LogP contribution in [0.15, 0.2) is 30.3 Å². The molecule has 1 N–H and O–H groups in total. The molecule has 1 amide bonds. The molecular weight excluding hydrogens is 378 g/mol. The van der Waals surface area contributed by atoms with Crippen LogP contribution in [-0.2, 0) is 4.79 Å². The smallest absolute Gasteiger partial charge is 0.373 e. The van der Waals surface area contributed by atoms with E-state index in [-0.39, 0.29) is 24.8 Å². The number of alkyl halides is 3. The largest absolute Gasteiger partial charge is 0.426 e. The lowest BCUT2D eigenvalue weighted by molar-refractivity contribution is -0.250. The van der Waals surface area contributed by atoms with Crippen LogP contribution in [0.1, 0.15) is 37.1 Å². The molecule has 1 atom stereocenters. The van der Waals surface area contributed by atoms with E-state index < -0.39 is 17.7 Å². The highest BCUT2D eigenvalue weighted by molar-refractivity contribution is 5.85. The van der Waals surface area contributed by atoms with Crippen LogP contribution in [0.2, 0.25) is 0 Å². The number of nitrogens with zero attached hydrogens (tertiary/aromatic N) is 3. The van der Waals surface area contributed by atoms with Crippen molar-refractivity contribution in [3.63, 3.8) is 0 Å². The molecule has 152 valence electrons. The van der Waals surface area contributed by atoms with Gasteiger partial charge in [0, 0.05) is 24.7 Å². The molecule has 2 heterocycles. The average molecular weight is 399 g/mol. The molecule has 0 bridgehead atoms. The lowest BCUT2D eigenvalue weighted by atomic mass is 9.91. The van der Waals surface area contributed by atoms with Gasteiger partial charge in [-0.2, -0.15) is 18.3 Å². The lowest BCUT2D eigenvalue weighted by Gasteiger charge is -2.36. The first kappa shape index (κ1) is 20.3. The summed E-state index contributed by atoms with van der Waals surface area (Å²) in [4.78, 5) is 13.2. The number of likely N-dealkylation sites (tertiary alicyclic amines) is 1. The van der Waals surface area contributed by atoms with Crippen molar-refractivity contribution in [1.82, 2.24) is 14.7 Å². The SMILES string of the molecule is Cc1cc(C2CCN(C(=O)C(C)(O)C(F)(F)F)CC2)n(-c2ccc(F)cc2)n1. The fraction of sp³-hybridized carbons (Fsp3) is 0.474. The van der Waals surface area contributed by atoms with Gasteiger partial charge in [-0.1, -0.05) is 0 Å². The van der Waals surface area contributed by atoms with Crippen molar-refractivity contribution in [3.8, 4) is 5.69 Å². The second-order valence-corrected chi connectivity index (χ2v) is 7.24. The Bertz CT molecular complexity index is 851. The van der Waals surface area contributed by atoms with E-state index in [4.69, 9.17) is 0 Å². The summed E-state index contributed by atoms with van der Waals surface area (Å²) < 4.78 is 53.6. The molecule has 1 aromatic carbocycles. The van der Waals surface area contributed by atoms with Gasteiger partial charge in [-0.15, -0.1) is 0 Å². The molecule has 5 nitrogen and oxygen atoms in total. The molecule has 2 aromatic rings. The third-order valence-corrected chi connectivity index (χ3v) is 5.10. The van der Waals surface area contributed by atoms with Crippen molar-refractivity contribution >= 4 is 5.91 Å². The Morgan fingerprint density at radius 1 is 1.18 bits per heavy atom. The minimum absolute atomic E-state index is 0.0221. The van der Waals surface area contributed by atoms with E-state index in [0.29, 0.717) is 25.5 Å². The Labute approximate surface area is 159 Å². The van der Waals surface area contributed by atoms with Gasteiger partial charge in [-0.05, 0) is 57.0 Å². The first-order chi connectivity index (χ1) is 13.0. The fourth-order valence-corrected chi connectivity index (χ4v) is 3.41. The van der Waals surface area contributed by atoms with Crippen molar-refractivity contribution in [3.05, 3.63) is 47.5 Å². The summed E-state index contributed by atoms with van der Waals surface area (Å²) in [6.45, 7) is 2.50. The number of aryl methyl sites for hydroxylation is 1. The number of halogens is 4. The highest BCUT2D eigenvalue weighted by Crippen LogP contribution is 2.35. The number of rotatable bonds is 3. The zero-order valence-electron chi connectivity index (χ0n) is 15.5. The third-order valence-electron chi connectivity index (χ3n) is 5.10. The van der Waals surface area contributed by atoms with Gasteiger partial charge < -0.3 is 10.0 Å². The summed E-state index contributed by atoms with van der Waals surface area (Å²) in [5.41, 5.74) is -1.09. The van der Waals surface area contributed by atoms with Gasteiger partial charge in [-0.25, -0.2) is 9.07 Å². The summed E-state index contributed by atoms with van der Waals surface area (Å²) >= 11 is 0. The normalized spacial score (nSPS) is 18.2. The molecule has 0 spiro atoms. The van der Waals surface area contributed by atoms with Crippen LogP contribution >= 0.6 is 0 Å². The first-order valence-corrected chi connectivity index (χ1v) is 8.91. The van der Waals surface area contributed by atoms with E-state index in [2.05, 4.69) is 5.10 Å². The molecule has 1 saturated heterocycles. The molecule has 0 aliphatic carbocycles. The predicted octanol–water partition coefficient (Wildman–Crippen LogP) is 3.34. The summed E-state index contributed by atoms with van der Waals surface area (Å²) in [6.07, 6.45) is -4.16. The summed E-state index contributed by atoms with van der Waals surface area (Å²) in [5.74, 6) is -1.72. The van der Waals surface area contributed by atoms with Crippen molar-refractivity contribution < 1.29 is 27.5 Å².